The van der Waals surface area contributed by atoms with Crippen LogP contribution in [0.15, 0.2) is 53.3 Å². The number of likely N-dealkylation sites (tertiary alicyclic amines) is 1. The van der Waals surface area contributed by atoms with Crippen molar-refractivity contribution in [1.29, 1.82) is 0 Å². The molecule has 0 aliphatic carbocycles. The third-order valence-corrected chi connectivity index (χ3v) is 5.49. The van der Waals surface area contributed by atoms with Gasteiger partial charge in [-0.3, -0.25) is 9.88 Å². The van der Waals surface area contributed by atoms with Crippen LogP contribution in [0.3, 0.4) is 0 Å². The predicted octanol–water partition coefficient (Wildman–Crippen LogP) is 3.47. The van der Waals surface area contributed by atoms with Crippen LogP contribution in [0, 0.1) is 6.92 Å². The summed E-state index contributed by atoms with van der Waals surface area (Å²) in [4.78, 5) is 11.3. The highest BCUT2D eigenvalue weighted by Crippen LogP contribution is 2.30. The molecule has 0 unspecified atom stereocenters. The van der Waals surface area contributed by atoms with Crippen LogP contribution < -0.4 is 0 Å². The fourth-order valence-corrected chi connectivity index (χ4v) is 3.91. The van der Waals surface area contributed by atoms with E-state index in [0.717, 1.165) is 55.3 Å². The highest BCUT2D eigenvalue weighted by Gasteiger charge is 2.26. The second kappa shape index (κ2) is 7.16. The summed E-state index contributed by atoms with van der Waals surface area (Å²) < 4.78 is 8.13. The normalized spacial score (nSPS) is 16.0. The maximum atomic E-state index is 5.93. The van der Waals surface area contributed by atoms with Crippen molar-refractivity contribution in [3.05, 3.63) is 66.2 Å². The molecule has 0 spiro atoms. The van der Waals surface area contributed by atoms with Crippen LogP contribution in [0.2, 0.25) is 0 Å². The van der Waals surface area contributed by atoms with Crippen LogP contribution in [-0.2, 0) is 6.54 Å². The summed E-state index contributed by atoms with van der Waals surface area (Å²) in [5.74, 6) is 1.61. The lowest BCUT2D eigenvalue weighted by Gasteiger charge is -2.30. The molecule has 142 valence electrons. The lowest BCUT2D eigenvalue weighted by molar-refractivity contribution is 0.190. The number of aromatic nitrogens is 5. The minimum absolute atomic E-state index is 0.317. The van der Waals surface area contributed by atoms with Gasteiger partial charge in [-0.15, -0.1) is 10.2 Å². The van der Waals surface area contributed by atoms with Crippen molar-refractivity contribution in [2.24, 2.45) is 0 Å². The Bertz CT molecular complexity index is 1080. The number of pyridine rings is 2. The maximum Gasteiger partial charge on any atom is 0.249 e. The summed E-state index contributed by atoms with van der Waals surface area (Å²) in [6.07, 6.45) is 7.62. The minimum Gasteiger partial charge on any atom is -0.420 e. The molecule has 0 N–H and O–H groups in total. The van der Waals surface area contributed by atoms with Crippen molar-refractivity contribution in [2.45, 2.75) is 32.2 Å². The molecular weight excluding hydrogens is 352 g/mol. The molecule has 7 nitrogen and oxygen atoms in total. The molecule has 0 amide bonds. The third kappa shape index (κ3) is 3.18. The summed E-state index contributed by atoms with van der Waals surface area (Å²) in [5.41, 5.74) is 4.25. The topological polar surface area (TPSA) is 72.3 Å². The SMILES string of the molecule is Cc1nc2ccccn2c1CN1CCC(c2nnc(-c3cccnc3)o2)CC1. The Morgan fingerprint density at radius 1 is 1.11 bits per heavy atom. The molecule has 1 saturated heterocycles. The van der Waals surface area contributed by atoms with Crippen LogP contribution in [0.1, 0.15) is 36.0 Å². The number of rotatable bonds is 4. The van der Waals surface area contributed by atoms with Crippen molar-refractivity contribution in [3.63, 3.8) is 0 Å². The fraction of sp³-hybridized carbons (Fsp3) is 0.333. The average Bonchev–Trinajstić information content (AvgIpc) is 3.35. The van der Waals surface area contributed by atoms with Gasteiger partial charge in [-0.05, 0) is 57.1 Å². The first-order valence-corrected chi connectivity index (χ1v) is 9.66. The number of imidazole rings is 1. The molecule has 4 aromatic rings. The van der Waals surface area contributed by atoms with Gasteiger partial charge >= 0.3 is 0 Å². The molecule has 5 rings (SSSR count). The zero-order chi connectivity index (χ0) is 18.9. The van der Waals surface area contributed by atoms with E-state index in [2.05, 4.69) is 54.7 Å². The largest absolute Gasteiger partial charge is 0.420 e. The molecule has 1 fully saturated rings. The van der Waals surface area contributed by atoms with Gasteiger partial charge in [0.1, 0.15) is 5.65 Å². The Balaban J connectivity index is 1.25. The van der Waals surface area contributed by atoms with Crippen LogP contribution in [0.4, 0.5) is 0 Å². The van der Waals surface area contributed by atoms with E-state index >= 15 is 0 Å². The Morgan fingerprint density at radius 3 is 2.82 bits per heavy atom. The van der Waals surface area contributed by atoms with E-state index in [0.29, 0.717) is 11.8 Å². The molecule has 0 atom stereocenters. The van der Waals surface area contributed by atoms with Gasteiger partial charge in [-0.25, -0.2) is 4.98 Å². The number of hydrogen-bond acceptors (Lipinski definition) is 6. The molecule has 0 saturated carbocycles. The van der Waals surface area contributed by atoms with Crippen molar-refractivity contribution in [1.82, 2.24) is 29.5 Å². The monoisotopic (exact) mass is 374 g/mol. The molecule has 0 bridgehead atoms. The zero-order valence-electron chi connectivity index (χ0n) is 15.8. The molecule has 0 aromatic carbocycles. The van der Waals surface area contributed by atoms with Gasteiger partial charge in [0.2, 0.25) is 11.8 Å². The summed E-state index contributed by atoms with van der Waals surface area (Å²) in [7, 11) is 0. The van der Waals surface area contributed by atoms with Gasteiger partial charge in [-0.2, -0.15) is 0 Å². The van der Waals surface area contributed by atoms with Crippen molar-refractivity contribution in [3.8, 4) is 11.5 Å². The summed E-state index contributed by atoms with van der Waals surface area (Å²) in [5, 5.41) is 8.50. The summed E-state index contributed by atoms with van der Waals surface area (Å²) >= 11 is 0. The Morgan fingerprint density at radius 2 is 2.00 bits per heavy atom. The van der Waals surface area contributed by atoms with Crippen molar-refractivity contribution in [2.75, 3.05) is 13.1 Å². The molecule has 1 aliphatic rings. The number of nitrogens with zero attached hydrogens (tertiary/aromatic N) is 6. The smallest absolute Gasteiger partial charge is 0.249 e. The number of aryl methyl sites for hydroxylation is 1. The van der Waals surface area contributed by atoms with Gasteiger partial charge < -0.3 is 8.82 Å². The second-order valence-corrected chi connectivity index (χ2v) is 7.31. The molecular formula is C21H22N6O. The highest BCUT2D eigenvalue weighted by atomic mass is 16.4. The van der Waals surface area contributed by atoms with Crippen LogP contribution in [-0.4, -0.2) is 42.6 Å². The molecule has 5 heterocycles. The molecule has 28 heavy (non-hydrogen) atoms. The van der Waals surface area contributed by atoms with E-state index in [1.165, 1.54) is 5.69 Å². The molecule has 7 heteroatoms. The Hall–Kier alpha value is -3.06. The van der Waals surface area contributed by atoms with Crippen LogP contribution in [0.25, 0.3) is 17.1 Å². The Labute approximate surface area is 163 Å². The first-order valence-electron chi connectivity index (χ1n) is 9.66. The predicted molar refractivity (Wildman–Crippen MR) is 105 cm³/mol. The lowest BCUT2D eigenvalue weighted by atomic mass is 9.96. The van der Waals surface area contributed by atoms with E-state index in [9.17, 15) is 0 Å². The van der Waals surface area contributed by atoms with Gasteiger partial charge in [0.25, 0.3) is 0 Å². The van der Waals surface area contributed by atoms with E-state index in [1.54, 1.807) is 12.4 Å². The summed E-state index contributed by atoms with van der Waals surface area (Å²) in [6.45, 7) is 5.02. The second-order valence-electron chi connectivity index (χ2n) is 7.31. The molecule has 1 aliphatic heterocycles. The number of piperidine rings is 1. The lowest BCUT2D eigenvalue weighted by Crippen LogP contribution is -2.33. The number of fused-ring (bicyclic) bond motifs is 1. The van der Waals surface area contributed by atoms with Gasteiger partial charge in [0.05, 0.1) is 17.0 Å². The van der Waals surface area contributed by atoms with E-state index in [-0.39, 0.29) is 0 Å². The molecule has 4 aromatic heterocycles. The van der Waals surface area contributed by atoms with E-state index in [1.807, 2.05) is 18.2 Å². The fourth-order valence-electron chi connectivity index (χ4n) is 3.91. The maximum absolute atomic E-state index is 5.93. The average molecular weight is 374 g/mol. The minimum atomic E-state index is 0.317. The first kappa shape index (κ1) is 17.1. The standard InChI is InChI=1S/C21H22N6O/c1-15-18(27-10-3-2-6-19(27)23-15)14-26-11-7-16(8-12-26)20-24-25-21(28-20)17-5-4-9-22-13-17/h2-6,9-10,13,16H,7-8,11-12,14H2,1H3. The molecule has 0 radical (unpaired) electrons. The Kier molecular flexibility index (Phi) is 4.37. The third-order valence-electron chi connectivity index (χ3n) is 5.49. The zero-order valence-corrected chi connectivity index (χ0v) is 15.8. The highest BCUT2D eigenvalue weighted by molar-refractivity contribution is 5.50. The first-order chi connectivity index (χ1) is 13.8. The number of hydrogen-bond donors (Lipinski definition) is 0. The van der Waals surface area contributed by atoms with Crippen LogP contribution in [0.5, 0.6) is 0 Å². The van der Waals surface area contributed by atoms with Gasteiger partial charge in [0, 0.05) is 31.1 Å². The van der Waals surface area contributed by atoms with Crippen molar-refractivity contribution >= 4 is 5.65 Å². The van der Waals surface area contributed by atoms with Gasteiger partial charge in [-0.1, -0.05) is 6.07 Å². The quantitative estimate of drug-likeness (QED) is 0.545. The van der Waals surface area contributed by atoms with E-state index in [4.69, 9.17) is 4.42 Å². The van der Waals surface area contributed by atoms with E-state index < -0.39 is 0 Å². The van der Waals surface area contributed by atoms with Crippen LogP contribution >= 0.6 is 0 Å². The van der Waals surface area contributed by atoms with Crippen molar-refractivity contribution < 1.29 is 4.42 Å². The summed E-state index contributed by atoms with van der Waals surface area (Å²) in [6, 6.07) is 9.95. The van der Waals surface area contributed by atoms with Gasteiger partial charge in [0.15, 0.2) is 0 Å².